The van der Waals surface area contributed by atoms with E-state index < -0.39 is 11.8 Å². The number of nitrogens with two attached hydrogens (primary N) is 1. The second-order valence-electron chi connectivity index (χ2n) is 5.91. The minimum absolute atomic E-state index is 0.222. The van der Waals surface area contributed by atoms with Crippen molar-refractivity contribution < 1.29 is 14.4 Å². The summed E-state index contributed by atoms with van der Waals surface area (Å²) in [6, 6.07) is 12.4. The molecule has 6 nitrogen and oxygen atoms in total. The van der Waals surface area contributed by atoms with E-state index in [9.17, 15) is 14.4 Å². The molecule has 6 heteroatoms. The molecule has 2 aromatic rings. The first-order chi connectivity index (χ1) is 12.3. The van der Waals surface area contributed by atoms with Gasteiger partial charge in [-0.25, -0.2) is 0 Å². The summed E-state index contributed by atoms with van der Waals surface area (Å²) >= 11 is 0. The molecule has 0 fully saturated rings. The van der Waals surface area contributed by atoms with E-state index in [1.807, 2.05) is 26.0 Å². The lowest BCUT2D eigenvalue weighted by Crippen LogP contribution is -2.33. The van der Waals surface area contributed by atoms with E-state index in [4.69, 9.17) is 5.73 Å². The molecular weight excluding hydrogens is 330 g/mol. The molecule has 3 amide bonds. The predicted octanol–water partition coefficient (Wildman–Crippen LogP) is 2.17. The normalized spacial score (nSPS) is 10.5. The van der Waals surface area contributed by atoms with Crippen molar-refractivity contribution in [3.05, 3.63) is 70.8 Å². The van der Waals surface area contributed by atoms with Gasteiger partial charge in [0.25, 0.3) is 5.91 Å². The molecular formula is C20H21N3O3. The molecule has 4 N–H and O–H groups in total. The van der Waals surface area contributed by atoms with Crippen molar-refractivity contribution in [3.63, 3.8) is 0 Å². The smallest absolute Gasteiger partial charge is 0.251 e. The average molecular weight is 351 g/mol. The first-order valence-corrected chi connectivity index (χ1v) is 8.08. The lowest BCUT2D eigenvalue weighted by molar-refractivity contribution is -0.117. The van der Waals surface area contributed by atoms with Gasteiger partial charge >= 0.3 is 0 Å². The maximum absolute atomic E-state index is 12.0. The third-order valence-corrected chi connectivity index (χ3v) is 3.68. The quantitative estimate of drug-likeness (QED) is 0.695. The Bertz CT molecular complexity index is 855. The molecule has 0 aliphatic carbocycles. The monoisotopic (exact) mass is 351 g/mol. The van der Waals surface area contributed by atoms with E-state index >= 15 is 0 Å². The van der Waals surface area contributed by atoms with E-state index in [0.29, 0.717) is 11.3 Å². The van der Waals surface area contributed by atoms with E-state index in [-0.39, 0.29) is 12.5 Å². The highest BCUT2D eigenvalue weighted by atomic mass is 16.2. The Morgan fingerprint density at radius 1 is 1.04 bits per heavy atom. The lowest BCUT2D eigenvalue weighted by atomic mass is 10.1. The highest BCUT2D eigenvalue weighted by Crippen LogP contribution is 2.13. The molecule has 2 rings (SSSR count). The molecule has 0 heterocycles. The standard InChI is InChI=1S/C20H21N3O3/c1-13-3-4-15(14(2)11-13)7-10-19(25)23-17-8-5-16(6-9-17)20(26)22-12-18(21)24/h3-11H,12H2,1-2H3,(H2,21,24)(H,22,26)(H,23,25)/b10-7+. The van der Waals surface area contributed by atoms with Gasteiger partial charge in [-0.1, -0.05) is 23.8 Å². The largest absolute Gasteiger partial charge is 0.368 e. The number of carbonyl (C=O) groups is 3. The number of amides is 3. The second-order valence-corrected chi connectivity index (χ2v) is 5.91. The summed E-state index contributed by atoms with van der Waals surface area (Å²) in [5, 5.41) is 5.12. The number of carbonyl (C=O) groups excluding carboxylic acids is 3. The zero-order valence-corrected chi connectivity index (χ0v) is 14.7. The number of aryl methyl sites for hydroxylation is 2. The number of benzene rings is 2. The van der Waals surface area contributed by atoms with Gasteiger partial charge in [0.15, 0.2) is 0 Å². The van der Waals surface area contributed by atoms with E-state index in [0.717, 1.165) is 11.1 Å². The van der Waals surface area contributed by atoms with Gasteiger partial charge in [0.1, 0.15) is 0 Å². The number of nitrogens with one attached hydrogen (secondary N) is 2. The number of hydrogen-bond acceptors (Lipinski definition) is 3. The molecule has 26 heavy (non-hydrogen) atoms. The SMILES string of the molecule is Cc1ccc(/C=C/C(=O)Nc2ccc(C(=O)NCC(N)=O)cc2)c(C)c1. The van der Waals surface area contributed by atoms with Gasteiger partial charge in [0.05, 0.1) is 6.54 Å². The van der Waals surface area contributed by atoms with Crippen LogP contribution in [0.1, 0.15) is 27.0 Å². The molecule has 0 aromatic heterocycles. The fourth-order valence-electron chi connectivity index (χ4n) is 2.34. The average Bonchev–Trinajstić information content (AvgIpc) is 2.59. The van der Waals surface area contributed by atoms with Crippen LogP contribution in [0.2, 0.25) is 0 Å². The molecule has 0 saturated heterocycles. The Balaban J connectivity index is 1.95. The molecule has 0 atom stereocenters. The summed E-state index contributed by atoms with van der Waals surface area (Å²) in [7, 11) is 0. The summed E-state index contributed by atoms with van der Waals surface area (Å²) in [6.45, 7) is 3.79. The van der Waals surface area contributed by atoms with Crippen LogP contribution in [-0.4, -0.2) is 24.3 Å². The molecule has 0 unspecified atom stereocenters. The van der Waals surface area contributed by atoms with Crippen LogP contribution in [0.5, 0.6) is 0 Å². The number of hydrogen-bond donors (Lipinski definition) is 3. The van der Waals surface area contributed by atoms with Crippen molar-refractivity contribution in [1.82, 2.24) is 5.32 Å². The van der Waals surface area contributed by atoms with Crippen LogP contribution in [0.4, 0.5) is 5.69 Å². The van der Waals surface area contributed by atoms with Crippen LogP contribution in [0.3, 0.4) is 0 Å². The fraction of sp³-hybridized carbons (Fsp3) is 0.150. The summed E-state index contributed by atoms with van der Waals surface area (Å²) in [6.07, 6.45) is 3.22. The van der Waals surface area contributed by atoms with Crippen molar-refractivity contribution >= 4 is 29.5 Å². The highest BCUT2D eigenvalue weighted by molar-refractivity contribution is 6.02. The summed E-state index contributed by atoms with van der Waals surface area (Å²) in [4.78, 5) is 34.5. The molecule has 0 radical (unpaired) electrons. The molecule has 0 aliphatic heterocycles. The van der Waals surface area contributed by atoms with Crippen LogP contribution in [0.25, 0.3) is 6.08 Å². The van der Waals surface area contributed by atoms with Crippen LogP contribution >= 0.6 is 0 Å². The minimum atomic E-state index is -0.613. The van der Waals surface area contributed by atoms with Crippen molar-refractivity contribution in [2.75, 3.05) is 11.9 Å². The second kappa shape index (κ2) is 8.62. The van der Waals surface area contributed by atoms with Crippen LogP contribution in [0, 0.1) is 13.8 Å². The van der Waals surface area contributed by atoms with E-state index in [1.54, 1.807) is 30.3 Å². The molecule has 0 bridgehead atoms. The van der Waals surface area contributed by atoms with Crippen molar-refractivity contribution in [1.29, 1.82) is 0 Å². The zero-order chi connectivity index (χ0) is 19.1. The minimum Gasteiger partial charge on any atom is -0.368 e. The fourth-order valence-corrected chi connectivity index (χ4v) is 2.34. The zero-order valence-electron chi connectivity index (χ0n) is 14.7. The van der Waals surface area contributed by atoms with Crippen LogP contribution in [0.15, 0.2) is 48.5 Å². The predicted molar refractivity (Wildman–Crippen MR) is 102 cm³/mol. The number of primary amides is 1. The van der Waals surface area contributed by atoms with Crippen LogP contribution in [-0.2, 0) is 9.59 Å². The molecule has 0 spiro atoms. The van der Waals surface area contributed by atoms with Gasteiger partial charge in [-0.15, -0.1) is 0 Å². The summed E-state index contributed by atoms with van der Waals surface area (Å²) < 4.78 is 0. The van der Waals surface area contributed by atoms with Crippen LogP contribution < -0.4 is 16.4 Å². The summed E-state index contributed by atoms with van der Waals surface area (Å²) in [5.41, 5.74) is 9.16. The van der Waals surface area contributed by atoms with Gasteiger partial charge < -0.3 is 16.4 Å². The Kier molecular flexibility index (Phi) is 6.27. The van der Waals surface area contributed by atoms with Crippen molar-refractivity contribution in [3.8, 4) is 0 Å². The van der Waals surface area contributed by atoms with E-state index in [1.165, 1.54) is 11.6 Å². The first kappa shape index (κ1) is 18.9. The lowest BCUT2D eigenvalue weighted by Gasteiger charge is -2.06. The third kappa shape index (κ3) is 5.59. The topological polar surface area (TPSA) is 101 Å². The third-order valence-electron chi connectivity index (χ3n) is 3.68. The Morgan fingerprint density at radius 3 is 2.35 bits per heavy atom. The van der Waals surface area contributed by atoms with Gasteiger partial charge in [0.2, 0.25) is 11.8 Å². The molecule has 0 aliphatic rings. The van der Waals surface area contributed by atoms with Gasteiger partial charge in [-0.2, -0.15) is 0 Å². The Labute approximate surface area is 152 Å². The highest BCUT2D eigenvalue weighted by Gasteiger charge is 2.06. The Morgan fingerprint density at radius 2 is 1.73 bits per heavy atom. The first-order valence-electron chi connectivity index (χ1n) is 8.08. The number of anilines is 1. The van der Waals surface area contributed by atoms with Crippen molar-refractivity contribution in [2.45, 2.75) is 13.8 Å². The Hall–Kier alpha value is -3.41. The maximum Gasteiger partial charge on any atom is 0.251 e. The van der Waals surface area contributed by atoms with Crippen molar-refractivity contribution in [2.24, 2.45) is 5.73 Å². The van der Waals surface area contributed by atoms with E-state index in [2.05, 4.69) is 16.7 Å². The number of rotatable bonds is 6. The molecule has 0 saturated carbocycles. The van der Waals surface area contributed by atoms with Gasteiger partial charge in [-0.05, 0) is 55.3 Å². The molecule has 134 valence electrons. The van der Waals surface area contributed by atoms with Gasteiger partial charge in [-0.3, -0.25) is 14.4 Å². The molecule has 2 aromatic carbocycles. The maximum atomic E-state index is 12.0. The van der Waals surface area contributed by atoms with Gasteiger partial charge in [0, 0.05) is 17.3 Å². The summed E-state index contributed by atoms with van der Waals surface area (Å²) in [5.74, 6) is -1.29.